The van der Waals surface area contributed by atoms with Crippen LogP contribution in [0, 0.1) is 0 Å². The lowest BCUT2D eigenvalue weighted by Crippen LogP contribution is -2.36. The van der Waals surface area contributed by atoms with E-state index >= 15 is 0 Å². The monoisotopic (exact) mass is 300 g/mol. The van der Waals surface area contributed by atoms with Gasteiger partial charge >= 0.3 is 0 Å². The first-order chi connectivity index (χ1) is 7.68. The Morgan fingerprint density at radius 2 is 2.06 bits per heavy atom. The zero-order chi connectivity index (χ0) is 11.5. The van der Waals surface area contributed by atoms with E-state index in [1.54, 1.807) is 0 Å². The second-order valence-electron chi connectivity index (χ2n) is 3.63. The van der Waals surface area contributed by atoms with Gasteiger partial charge in [-0.1, -0.05) is 12.2 Å². The van der Waals surface area contributed by atoms with Crippen LogP contribution in [0.25, 0.3) is 0 Å². The fourth-order valence-electron chi connectivity index (χ4n) is 1.72. The molecule has 1 heterocycles. The van der Waals surface area contributed by atoms with Crippen LogP contribution in [0.5, 0.6) is 0 Å². The lowest BCUT2D eigenvalue weighted by atomic mass is 10.2. The Kier molecular flexibility index (Phi) is 3.78. The van der Waals surface area contributed by atoms with E-state index in [1.165, 1.54) is 5.69 Å². The molecule has 3 nitrogen and oxygen atoms in total. The standard InChI is InChI=1S/C11H13BrN2OS/c12-10-7-8(1-2-9(10)11(13)16)14-3-5-15-6-4-14/h1-2,7H,3-6H2,(H2,13,16). The minimum atomic E-state index is 0.417. The molecular formula is C11H13BrN2OS. The van der Waals surface area contributed by atoms with Crippen molar-refractivity contribution in [1.29, 1.82) is 0 Å². The molecule has 2 rings (SSSR count). The fourth-order valence-corrected chi connectivity index (χ4v) is 2.61. The van der Waals surface area contributed by atoms with Crippen LogP contribution in [0.3, 0.4) is 0 Å². The van der Waals surface area contributed by atoms with Gasteiger partial charge in [-0.05, 0) is 34.1 Å². The summed E-state index contributed by atoms with van der Waals surface area (Å²) in [5, 5.41) is 0. The Bertz CT molecular complexity index is 405. The van der Waals surface area contributed by atoms with E-state index < -0.39 is 0 Å². The number of anilines is 1. The number of halogens is 1. The molecule has 1 aromatic carbocycles. The normalized spacial score (nSPS) is 16.2. The number of hydrogen-bond acceptors (Lipinski definition) is 3. The first kappa shape index (κ1) is 11.8. The zero-order valence-electron chi connectivity index (χ0n) is 8.78. The molecule has 0 aromatic heterocycles. The Labute approximate surface area is 109 Å². The summed E-state index contributed by atoms with van der Waals surface area (Å²) in [7, 11) is 0. The molecule has 1 fully saturated rings. The molecule has 0 bridgehead atoms. The summed E-state index contributed by atoms with van der Waals surface area (Å²) >= 11 is 8.45. The summed E-state index contributed by atoms with van der Waals surface area (Å²) in [4.78, 5) is 2.71. The molecule has 86 valence electrons. The molecule has 5 heteroatoms. The Morgan fingerprint density at radius 3 is 2.62 bits per heavy atom. The molecule has 0 amide bonds. The molecule has 16 heavy (non-hydrogen) atoms. The summed E-state index contributed by atoms with van der Waals surface area (Å²) in [6.45, 7) is 3.43. The van der Waals surface area contributed by atoms with Gasteiger partial charge in [0.15, 0.2) is 0 Å². The van der Waals surface area contributed by atoms with Crippen LogP contribution in [-0.2, 0) is 4.74 Å². The number of rotatable bonds is 2. The highest BCUT2D eigenvalue weighted by Gasteiger charge is 2.12. The minimum Gasteiger partial charge on any atom is -0.389 e. The molecule has 0 saturated carbocycles. The Balaban J connectivity index is 2.23. The lowest BCUT2D eigenvalue weighted by Gasteiger charge is -2.29. The summed E-state index contributed by atoms with van der Waals surface area (Å²) in [5.74, 6) is 0. The first-order valence-corrected chi connectivity index (χ1v) is 6.30. The third-order valence-corrected chi connectivity index (χ3v) is 3.47. The van der Waals surface area contributed by atoms with E-state index in [4.69, 9.17) is 22.7 Å². The molecule has 2 N–H and O–H groups in total. The van der Waals surface area contributed by atoms with Crippen molar-refractivity contribution >= 4 is 38.8 Å². The van der Waals surface area contributed by atoms with Crippen LogP contribution in [0.4, 0.5) is 5.69 Å². The molecule has 0 spiro atoms. The van der Waals surface area contributed by atoms with E-state index in [0.717, 1.165) is 36.3 Å². The maximum Gasteiger partial charge on any atom is 0.105 e. The van der Waals surface area contributed by atoms with Crippen molar-refractivity contribution in [3.63, 3.8) is 0 Å². The SMILES string of the molecule is NC(=S)c1ccc(N2CCOCC2)cc1Br. The maximum absolute atomic E-state index is 5.61. The topological polar surface area (TPSA) is 38.5 Å². The average Bonchev–Trinajstić information content (AvgIpc) is 2.29. The molecule has 1 aliphatic heterocycles. The van der Waals surface area contributed by atoms with Crippen LogP contribution < -0.4 is 10.6 Å². The van der Waals surface area contributed by atoms with Crippen molar-refractivity contribution in [2.75, 3.05) is 31.2 Å². The van der Waals surface area contributed by atoms with Crippen molar-refractivity contribution < 1.29 is 4.74 Å². The molecule has 0 unspecified atom stereocenters. The second kappa shape index (κ2) is 5.12. The molecular weight excluding hydrogens is 288 g/mol. The van der Waals surface area contributed by atoms with E-state index in [-0.39, 0.29) is 0 Å². The quantitative estimate of drug-likeness (QED) is 0.847. The highest BCUT2D eigenvalue weighted by molar-refractivity contribution is 9.10. The third-order valence-electron chi connectivity index (χ3n) is 2.59. The highest BCUT2D eigenvalue weighted by atomic mass is 79.9. The second-order valence-corrected chi connectivity index (χ2v) is 4.92. The van der Waals surface area contributed by atoms with Gasteiger partial charge in [-0.15, -0.1) is 0 Å². The van der Waals surface area contributed by atoms with E-state index in [9.17, 15) is 0 Å². The lowest BCUT2D eigenvalue weighted by molar-refractivity contribution is 0.122. The van der Waals surface area contributed by atoms with Crippen molar-refractivity contribution in [3.05, 3.63) is 28.2 Å². The number of hydrogen-bond donors (Lipinski definition) is 1. The predicted octanol–water partition coefficient (Wildman–Crippen LogP) is 1.92. The fraction of sp³-hybridized carbons (Fsp3) is 0.364. The van der Waals surface area contributed by atoms with E-state index in [2.05, 4.69) is 26.9 Å². The molecule has 1 aliphatic rings. The number of benzene rings is 1. The number of morpholine rings is 1. The van der Waals surface area contributed by atoms with Gasteiger partial charge in [0.25, 0.3) is 0 Å². The molecule has 1 aromatic rings. The summed E-state index contributed by atoms with van der Waals surface area (Å²) in [6.07, 6.45) is 0. The van der Waals surface area contributed by atoms with E-state index in [1.807, 2.05) is 12.1 Å². The molecule has 0 atom stereocenters. The van der Waals surface area contributed by atoms with Crippen LogP contribution >= 0.6 is 28.1 Å². The van der Waals surface area contributed by atoms with Crippen molar-refractivity contribution in [3.8, 4) is 0 Å². The summed E-state index contributed by atoms with van der Waals surface area (Å²) < 4.78 is 6.27. The highest BCUT2D eigenvalue weighted by Crippen LogP contribution is 2.24. The van der Waals surface area contributed by atoms with Gasteiger partial charge in [-0.2, -0.15) is 0 Å². The number of nitrogens with two attached hydrogens (primary N) is 1. The Morgan fingerprint density at radius 1 is 1.38 bits per heavy atom. The number of nitrogens with zero attached hydrogens (tertiary/aromatic N) is 1. The van der Waals surface area contributed by atoms with Gasteiger partial charge in [0.1, 0.15) is 4.99 Å². The Hall–Kier alpha value is -0.650. The number of thiocarbonyl (C=S) groups is 1. The molecule has 1 saturated heterocycles. The van der Waals surface area contributed by atoms with Gasteiger partial charge in [-0.3, -0.25) is 0 Å². The van der Waals surface area contributed by atoms with E-state index in [0.29, 0.717) is 4.99 Å². The van der Waals surface area contributed by atoms with Crippen molar-refractivity contribution in [1.82, 2.24) is 0 Å². The maximum atomic E-state index is 5.61. The third kappa shape index (κ3) is 2.53. The van der Waals surface area contributed by atoms with Crippen molar-refractivity contribution in [2.24, 2.45) is 5.73 Å². The minimum absolute atomic E-state index is 0.417. The van der Waals surface area contributed by atoms with Crippen LogP contribution in [0.1, 0.15) is 5.56 Å². The van der Waals surface area contributed by atoms with Gasteiger partial charge in [-0.25, -0.2) is 0 Å². The molecule has 0 aliphatic carbocycles. The zero-order valence-corrected chi connectivity index (χ0v) is 11.2. The molecule has 0 radical (unpaired) electrons. The van der Waals surface area contributed by atoms with Crippen LogP contribution in [0.15, 0.2) is 22.7 Å². The van der Waals surface area contributed by atoms with Gasteiger partial charge in [0.05, 0.1) is 13.2 Å². The first-order valence-electron chi connectivity index (χ1n) is 5.10. The van der Waals surface area contributed by atoms with Crippen LogP contribution in [-0.4, -0.2) is 31.3 Å². The van der Waals surface area contributed by atoms with Gasteiger partial charge in [0.2, 0.25) is 0 Å². The number of ether oxygens (including phenoxy) is 1. The summed E-state index contributed by atoms with van der Waals surface area (Å²) in [6, 6.07) is 6.06. The predicted molar refractivity (Wildman–Crippen MR) is 73.1 cm³/mol. The van der Waals surface area contributed by atoms with Crippen molar-refractivity contribution in [2.45, 2.75) is 0 Å². The largest absolute Gasteiger partial charge is 0.389 e. The average molecular weight is 301 g/mol. The smallest absolute Gasteiger partial charge is 0.105 e. The van der Waals surface area contributed by atoms with Crippen LogP contribution in [0.2, 0.25) is 0 Å². The van der Waals surface area contributed by atoms with Gasteiger partial charge in [0, 0.05) is 28.8 Å². The summed E-state index contributed by atoms with van der Waals surface area (Å²) in [5.41, 5.74) is 7.67. The van der Waals surface area contributed by atoms with Gasteiger partial charge < -0.3 is 15.4 Å².